The van der Waals surface area contributed by atoms with Crippen LogP contribution in [0.25, 0.3) is 0 Å². The molecule has 1 aromatic heterocycles. The van der Waals surface area contributed by atoms with Crippen molar-refractivity contribution in [2.45, 2.75) is 56.7 Å². The molecule has 1 aliphatic heterocycles. The van der Waals surface area contributed by atoms with E-state index >= 15 is 0 Å². The maximum Gasteiger partial charge on any atom is 0.319 e. The van der Waals surface area contributed by atoms with Crippen LogP contribution in [0.1, 0.15) is 42.6 Å². The minimum atomic E-state index is -1.00. The predicted molar refractivity (Wildman–Crippen MR) is 140 cm³/mol. The van der Waals surface area contributed by atoms with Crippen molar-refractivity contribution >= 4 is 11.7 Å². The van der Waals surface area contributed by atoms with Crippen LogP contribution < -0.4 is 20.1 Å². The van der Waals surface area contributed by atoms with Gasteiger partial charge in [-0.3, -0.25) is 4.90 Å². The first-order valence-corrected chi connectivity index (χ1v) is 12.8. The Hall–Kier alpha value is -3.66. The Bertz CT molecular complexity index is 1320. The van der Waals surface area contributed by atoms with Crippen molar-refractivity contribution in [1.82, 2.24) is 20.2 Å². The van der Waals surface area contributed by atoms with Crippen molar-refractivity contribution in [3.63, 3.8) is 0 Å². The van der Waals surface area contributed by atoms with E-state index in [1.165, 1.54) is 11.6 Å². The summed E-state index contributed by atoms with van der Waals surface area (Å²) in [5, 5.41) is 5.68. The molecule has 8 nitrogen and oxygen atoms in total. The van der Waals surface area contributed by atoms with Crippen molar-refractivity contribution in [3.8, 4) is 11.5 Å². The van der Waals surface area contributed by atoms with Crippen molar-refractivity contribution in [1.29, 1.82) is 0 Å². The number of methoxy groups -OCH3 is 2. The summed E-state index contributed by atoms with van der Waals surface area (Å²) in [6.07, 6.45) is 5.10. The highest BCUT2D eigenvalue weighted by Gasteiger charge is 2.51. The lowest BCUT2D eigenvalue weighted by Crippen LogP contribution is -2.52. The average molecular weight is 526 g/mol. The largest absolute Gasteiger partial charge is 0.493 e. The number of amides is 2. The van der Waals surface area contributed by atoms with Crippen LogP contribution in [-0.2, 0) is 12.0 Å². The van der Waals surface area contributed by atoms with Gasteiger partial charge in [-0.15, -0.1) is 0 Å². The average Bonchev–Trinajstić information content (AvgIpc) is 3.49. The quantitative estimate of drug-likeness (QED) is 0.408. The van der Waals surface area contributed by atoms with E-state index in [-0.39, 0.29) is 23.2 Å². The van der Waals surface area contributed by atoms with E-state index in [4.69, 9.17) is 9.47 Å². The van der Waals surface area contributed by atoms with Gasteiger partial charge in [-0.05, 0) is 69.0 Å². The number of carbonyl (C=O) groups is 1. The van der Waals surface area contributed by atoms with Crippen LogP contribution in [0.5, 0.6) is 11.5 Å². The number of imidazole rings is 1. The van der Waals surface area contributed by atoms with Gasteiger partial charge in [-0.1, -0.05) is 6.07 Å². The van der Waals surface area contributed by atoms with Crippen LogP contribution in [0, 0.1) is 18.6 Å². The zero-order chi connectivity index (χ0) is 26.9. The number of carbonyl (C=O) groups excluding carboxylic acids is 1. The summed E-state index contributed by atoms with van der Waals surface area (Å²) in [6.45, 7) is 3.64. The summed E-state index contributed by atoms with van der Waals surface area (Å²) in [5.74, 6) is -0.567. The highest BCUT2D eigenvalue weighted by atomic mass is 19.2. The van der Waals surface area contributed by atoms with E-state index in [9.17, 15) is 13.6 Å². The van der Waals surface area contributed by atoms with Gasteiger partial charge in [0.15, 0.2) is 23.1 Å². The van der Waals surface area contributed by atoms with Crippen LogP contribution in [0.4, 0.5) is 19.3 Å². The number of hydrogen-bond donors (Lipinski definition) is 3. The first-order chi connectivity index (χ1) is 18.3. The van der Waals surface area contributed by atoms with Crippen LogP contribution in [0.3, 0.4) is 0 Å². The molecule has 1 saturated carbocycles. The summed E-state index contributed by atoms with van der Waals surface area (Å²) in [6, 6.07) is 9.12. The van der Waals surface area contributed by atoms with Crippen molar-refractivity contribution in [2.75, 3.05) is 26.1 Å². The first-order valence-electron chi connectivity index (χ1n) is 12.8. The highest BCUT2D eigenvalue weighted by molar-refractivity contribution is 5.89. The maximum atomic E-state index is 13.6. The van der Waals surface area contributed by atoms with Gasteiger partial charge in [-0.25, -0.2) is 18.6 Å². The Kier molecular flexibility index (Phi) is 7.25. The van der Waals surface area contributed by atoms with Gasteiger partial charge in [0.25, 0.3) is 0 Å². The third-order valence-corrected chi connectivity index (χ3v) is 8.14. The molecule has 5 rings (SSSR count). The van der Waals surface area contributed by atoms with Crippen LogP contribution in [0.2, 0.25) is 0 Å². The number of aryl methyl sites for hydroxylation is 1. The fraction of sp³-hybridized carbons (Fsp3) is 0.429. The van der Waals surface area contributed by atoms with Gasteiger partial charge < -0.3 is 25.1 Å². The molecule has 10 heteroatoms. The molecule has 3 atom stereocenters. The van der Waals surface area contributed by atoms with Gasteiger partial charge in [0.1, 0.15) is 0 Å². The van der Waals surface area contributed by atoms with E-state index in [1.807, 2.05) is 13.0 Å². The number of aromatic amines is 1. The Morgan fingerprint density at radius 1 is 1.13 bits per heavy atom. The molecule has 0 bridgehead atoms. The second kappa shape index (κ2) is 10.6. The number of urea groups is 1. The van der Waals surface area contributed by atoms with Crippen LogP contribution in [-0.4, -0.2) is 53.7 Å². The Balaban J connectivity index is 1.38. The highest BCUT2D eigenvalue weighted by Crippen LogP contribution is 2.50. The molecule has 3 aromatic rings. The zero-order valence-corrected chi connectivity index (χ0v) is 21.8. The van der Waals surface area contributed by atoms with Gasteiger partial charge >= 0.3 is 6.03 Å². The van der Waals surface area contributed by atoms with Gasteiger partial charge in [0, 0.05) is 35.8 Å². The number of hydrogen-bond acceptors (Lipinski definition) is 5. The first kappa shape index (κ1) is 26.0. The van der Waals surface area contributed by atoms with Crippen LogP contribution in [0.15, 0.2) is 42.7 Å². The number of likely N-dealkylation sites (tertiary alicyclic amines) is 1. The summed E-state index contributed by atoms with van der Waals surface area (Å²) < 4.78 is 37.9. The Labute approximate surface area is 220 Å². The molecule has 38 heavy (non-hydrogen) atoms. The Morgan fingerprint density at radius 3 is 2.66 bits per heavy atom. The number of halogens is 2. The second-order valence-corrected chi connectivity index (χ2v) is 10.1. The van der Waals surface area contributed by atoms with E-state index in [2.05, 4.69) is 37.6 Å². The molecule has 202 valence electrons. The Morgan fingerprint density at radius 2 is 1.95 bits per heavy atom. The molecule has 0 spiro atoms. The molecular weight excluding hydrogens is 492 g/mol. The maximum absolute atomic E-state index is 13.6. The number of H-pyrrole nitrogens is 1. The van der Waals surface area contributed by atoms with Gasteiger partial charge in [0.05, 0.1) is 31.9 Å². The molecule has 1 aliphatic carbocycles. The van der Waals surface area contributed by atoms with Crippen molar-refractivity contribution in [2.24, 2.45) is 0 Å². The fourth-order valence-corrected chi connectivity index (χ4v) is 6.13. The summed E-state index contributed by atoms with van der Waals surface area (Å²) >= 11 is 0. The van der Waals surface area contributed by atoms with Gasteiger partial charge in [0.2, 0.25) is 0 Å². The topological polar surface area (TPSA) is 91.5 Å². The molecule has 0 unspecified atom stereocenters. The lowest BCUT2D eigenvalue weighted by molar-refractivity contribution is 0.130. The standard InChI is InChI=1S/C28H33F2N5O3/c1-17-23(32-16-31-17)15-35-11-10-28(18-4-7-24(37-2)25(12-18)38-3)9-8-20(14-26(28)35)34-27(36)33-19-5-6-21(29)22(30)13-19/h4-7,12-13,16,20,26H,8-11,14-15H2,1-3H3,(H,31,32)(H2,33,34,36)/t20-,26+,28+/m1/s1. The fourth-order valence-electron chi connectivity index (χ4n) is 6.13. The lowest BCUT2D eigenvalue weighted by Gasteiger charge is -2.45. The zero-order valence-electron chi connectivity index (χ0n) is 21.8. The van der Waals surface area contributed by atoms with Crippen LogP contribution >= 0.6 is 0 Å². The SMILES string of the molecule is COc1ccc([C@@]23CC[C@@H](NC(=O)Nc4ccc(F)c(F)c4)C[C@@H]2N(Cc2[nH]cnc2C)CC3)cc1OC. The number of fused-ring (bicyclic) bond motifs is 1. The molecule has 2 fully saturated rings. The number of benzene rings is 2. The smallest absolute Gasteiger partial charge is 0.319 e. The molecule has 2 aromatic carbocycles. The third-order valence-electron chi connectivity index (χ3n) is 8.14. The number of ether oxygens (including phenoxy) is 2. The molecule has 3 N–H and O–H groups in total. The number of nitrogens with zero attached hydrogens (tertiary/aromatic N) is 2. The number of rotatable bonds is 7. The number of aromatic nitrogens is 2. The number of nitrogens with one attached hydrogen (secondary N) is 3. The minimum Gasteiger partial charge on any atom is -0.493 e. The van der Waals surface area contributed by atoms with E-state index < -0.39 is 17.7 Å². The lowest BCUT2D eigenvalue weighted by atomic mass is 9.65. The van der Waals surface area contributed by atoms with Crippen molar-refractivity contribution in [3.05, 3.63) is 71.3 Å². The molecular formula is C28H33F2N5O3. The molecule has 2 aliphatic rings. The van der Waals surface area contributed by atoms with Gasteiger partial charge in [-0.2, -0.15) is 0 Å². The number of anilines is 1. The van der Waals surface area contributed by atoms with E-state index in [1.54, 1.807) is 20.5 Å². The summed E-state index contributed by atoms with van der Waals surface area (Å²) in [5.41, 5.74) is 3.36. The molecule has 0 radical (unpaired) electrons. The normalized spacial score (nSPS) is 23.1. The third kappa shape index (κ3) is 4.92. The minimum absolute atomic E-state index is 0.0815. The predicted octanol–water partition coefficient (Wildman–Crippen LogP) is 4.90. The van der Waals surface area contributed by atoms with E-state index in [0.29, 0.717) is 11.5 Å². The molecule has 2 heterocycles. The molecule has 1 saturated heterocycles. The van der Waals surface area contributed by atoms with Crippen molar-refractivity contribution < 1.29 is 23.0 Å². The van der Waals surface area contributed by atoms with E-state index in [0.717, 1.165) is 62.3 Å². The summed E-state index contributed by atoms with van der Waals surface area (Å²) in [4.78, 5) is 22.9. The monoisotopic (exact) mass is 525 g/mol. The second-order valence-electron chi connectivity index (χ2n) is 10.1. The summed E-state index contributed by atoms with van der Waals surface area (Å²) in [7, 11) is 3.27. The molecule has 2 amide bonds.